The van der Waals surface area contributed by atoms with Gasteiger partial charge in [-0.25, -0.2) is 4.39 Å². The highest BCUT2D eigenvalue weighted by Gasteiger charge is 2.52. The fraction of sp³-hybridized carbons (Fsp3) is 0.600. The predicted molar refractivity (Wildman–Crippen MR) is 67.5 cm³/mol. The van der Waals surface area contributed by atoms with E-state index in [2.05, 4.69) is 13.8 Å². The van der Waals surface area contributed by atoms with Crippen LogP contribution in [0.25, 0.3) is 0 Å². The summed E-state index contributed by atoms with van der Waals surface area (Å²) in [4.78, 5) is 0. The second kappa shape index (κ2) is 4.41. The first kappa shape index (κ1) is 12.6. The summed E-state index contributed by atoms with van der Waals surface area (Å²) < 4.78 is 13.3. The van der Waals surface area contributed by atoms with Gasteiger partial charge in [-0.15, -0.1) is 0 Å². The zero-order valence-corrected chi connectivity index (χ0v) is 10.8. The van der Waals surface area contributed by atoms with Crippen molar-refractivity contribution >= 4 is 0 Å². The van der Waals surface area contributed by atoms with E-state index in [1.807, 2.05) is 12.1 Å². The minimum Gasteiger partial charge on any atom is -0.393 e. The first-order chi connectivity index (χ1) is 8.05. The Balaban J connectivity index is 2.32. The van der Waals surface area contributed by atoms with Crippen molar-refractivity contribution in [2.45, 2.75) is 52.1 Å². The maximum Gasteiger partial charge on any atom is 0.126 e. The summed E-state index contributed by atoms with van der Waals surface area (Å²) in [6.07, 6.45) is 2.57. The van der Waals surface area contributed by atoms with E-state index in [0.717, 1.165) is 19.3 Å². The molecule has 1 fully saturated rings. The SMILES string of the molecule is CCC1(CC)C(O)CC1c1ccc(F)c(C)c1. The minimum absolute atomic E-state index is 0.00424. The average molecular weight is 236 g/mol. The monoisotopic (exact) mass is 236 g/mol. The lowest BCUT2D eigenvalue weighted by molar-refractivity contribution is -0.0932. The van der Waals surface area contributed by atoms with Crippen LogP contribution in [0.1, 0.15) is 50.2 Å². The van der Waals surface area contributed by atoms with Crippen LogP contribution in [0.15, 0.2) is 18.2 Å². The van der Waals surface area contributed by atoms with Crippen molar-refractivity contribution in [3.8, 4) is 0 Å². The maximum atomic E-state index is 13.3. The summed E-state index contributed by atoms with van der Waals surface area (Å²) in [6.45, 7) is 6.07. The summed E-state index contributed by atoms with van der Waals surface area (Å²) in [7, 11) is 0. The van der Waals surface area contributed by atoms with Crippen LogP contribution in [-0.4, -0.2) is 11.2 Å². The highest BCUT2D eigenvalue weighted by molar-refractivity contribution is 5.31. The van der Waals surface area contributed by atoms with Crippen LogP contribution in [0.5, 0.6) is 0 Å². The zero-order chi connectivity index (χ0) is 12.6. The van der Waals surface area contributed by atoms with Gasteiger partial charge in [0, 0.05) is 5.41 Å². The number of rotatable bonds is 3. The second-order valence-corrected chi connectivity index (χ2v) is 5.25. The van der Waals surface area contributed by atoms with Gasteiger partial charge in [-0.1, -0.05) is 26.0 Å². The molecule has 1 aromatic carbocycles. The Morgan fingerprint density at radius 1 is 1.35 bits per heavy atom. The normalized spacial score (nSPS) is 26.6. The lowest BCUT2D eigenvalue weighted by Crippen LogP contribution is -2.50. The van der Waals surface area contributed by atoms with Gasteiger partial charge in [0.25, 0.3) is 0 Å². The van der Waals surface area contributed by atoms with Crippen molar-refractivity contribution in [2.24, 2.45) is 5.41 Å². The van der Waals surface area contributed by atoms with Crippen LogP contribution in [0, 0.1) is 18.2 Å². The first-order valence-corrected chi connectivity index (χ1v) is 6.49. The third kappa shape index (κ3) is 1.79. The van der Waals surface area contributed by atoms with Gasteiger partial charge in [0.1, 0.15) is 5.82 Å². The molecule has 0 radical (unpaired) electrons. The van der Waals surface area contributed by atoms with Crippen LogP contribution < -0.4 is 0 Å². The van der Waals surface area contributed by atoms with Crippen LogP contribution >= 0.6 is 0 Å². The van der Waals surface area contributed by atoms with Crippen molar-refractivity contribution in [2.75, 3.05) is 0 Å². The van der Waals surface area contributed by atoms with Crippen LogP contribution in [0.2, 0.25) is 0 Å². The predicted octanol–water partition coefficient (Wildman–Crippen LogP) is 3.79. The van der Waals surface area contributed by atoms with Crippen molar-refractivity contribution in [3.05, 3.63) is 35.1 Å². The summed E-state index contributed by atoms with van der Waals surface area (Å²) in [5, 5.41) is 10.0. The number of aliphatic hydroxyl groups excluding tert-OH is 1. The molecule has 94 valence electrons. The Labute approximate surface area is 103 Å². The third-order valence-electron chi connectivity index (χ3n) is 4.72. The molecule has 1 saturated carbocycles. The highest BCUT2D eigenvalue weighted by atomic mass is 19.1. The van der Waals surface area contributed by atoms with Gasteiger partial charge in [0.05, 0.1) is 6.10 Å². The fourth-order valence-corrected chi connectivity index (χ4v) is 3.33. The number of aryl methyl sites for hydroxylation is 1. The Hall–Kier alpha value is -0.890. The van der Waals surface area contributed by atoms with Crippen molar-refractivity contribution < 1.29 is 9.50 Å². The molecule has 0 spiro atoms. The zero-order valence-electron chi connectivity index (χ0n) is 10.8. The average Bonchev–Trinajstić information content (AvgIpc) is 2.32. The molecule has 1 nitrogen and oxygen atoms in total. The molecule has 17 heavy (non-hydrogen) atoms. The Morgan fingerprint density at radius 2 is 2.00 bits per heavy atom. The smallest absolute Gasteiger partial charge is 0.126 e. The van der Waals surface area contributed by atoms with E-state index < -0.39 is 0 Å². The molecule has 2 heteroatoms. The third-order valence-corrected chi connectivity index (χ3v) is 4.72. The van der Waals surface area contributed by atoms with E-state index in [1.165, 1.54) is 5.56 Å². The van der Waals surface area contributed by atoms with Crippen LogP contribution in [-0.2, 0) is 0 Å². The molecule has 0 heterocycles. The van der Waals surface area contributed by atoms with Gasteiger partial charge < -0.3 is 5.11 Å². The molecule has 0 aromatic heterocycles. The van der Waals surface area contributed by atoms with Gasteiger partial charge in [0.2, 0.25) is 0 Å². The van der Waals surface area contributed by atoms with Gasteiger partial charge >= 0.3 is 0 Å². The molecule has 1 aromatic rings. The van der Waals surface area contributed by atoms with E-state index in [0.29, 0.717) is 11.5 Å². The molecule has 2 rings (SSSR count). The summed E-state index contributed by atoms with van der Waals surface area (Å²) in [5.74, 6) is 0.235. The van der Waals surface area contributed by atoms with E-state index in [9.17, 15) is 9.50 Å². The Kier molecular flexibility index (Phi) is 3.26. The topological polar surface area (TPSA) is 20.2 Å². The number of hydrogen-bond donors (Lipinski definition) is 1. The molecule has 0 amide bonds. The van der Waals surface area contributed by atoms with Gasteiger partial charge in [0.15, 0.2) is 0 Å². The molecule has 1 aliphatic rings. The number of benzene rings is 1. The molecule has 1 aliphatic carbocycles. The molecule has 2 atom stereocenters. The number of halogens is 1. The van der Waals surface area contributed by atoms with Crippen LogP contribution in [0.3, 0.4) is 0 Å². The molecular formula is C15H21FO. The molecule has 0 saturated heterocycles. The van der Waals surface area contributed by atoms with Crippen LogP contribution in [0.4, 0.5) is 4.39 Å². The Morgan fingerprint density at radius 3 is 2.47 bits per heavy atom. The summed E-state index contributed by atoms with van der Waals surface area (Å²) >= 11 is 0. The minimum atomic E-state index is -0.201. The van der Waals surface area contributed by atoms with Crippen molar-refractivity contribution in [3.63, 3.8) is 0 Å². The standard InChI is InChI=1S/C15H21FO/c1-4-15(5-2)12(9-14(15)17)11-6-7-13(16)10(3)8-11/h6-8,12,14,17H,4-5,9H2,1-3H3. The number of aliphatic hydroxyl groups is 1. The van der Waals surface area contributed by atoms with E-state index in [4.69, 9.17) is 0 Å². The molecule has 0 aliphatic heterocycles. The molecule has 1 N–H and O–H groups in total. The molecule has 2 unspecified atom stereocenters. The quantitative estimate of drug-likeness (QED) is 0.846. The largest absolute Gasteiger partial charge is 0.393 e. The van der Waals surface area contributed by atoms with Crippen molar-refractivity contribution in [1.29, 1.82) is 0 Å². The summed E-state index contributed by atoms with van der Waals surface area (Å²) in [5.41, 5.74) is 1.88. The van der Waals surface area contributed by atoms with Gasteiger partial charge in [-0.2, -0.15) is 0 Å². The van der Waals surface area contributed by atoms with Gasteiger partial charge in [-0.3, -0.25) is 0 Å². The van der Waals surface area contributed by atoms with E-state index in [1.54, 1.807) is 13.0 Å². The molecule has 0 bridgehead atoms. The van der Waals surface area contributed by atoms with E-state index >= 15 is 0 Å². The fourth-order valence-electron chi connectivity index (χ4n) is 3.33. The van der Waals surface area contributed by atoms with Gasteiger partial charge in [-0.05, 0) is 49.3 Å². The molecular weight excluding hydrogens is 215 g/mol. The maximum absolute atomic E-state index is 13.3. The lowest BCUT2D eigenvalue weighted by Gasteiger charge is -2.54. The van der Waals surface area contributed by atoms with E-state index in [-0.39, 0.29) is 17.3 Å². The second-order valence-electron chi connectivity index (χ2n) is 5.25. The Bertz CT molecular complexity index is 409. The van der Waals surface area contributed by atoms with Crippen molar-refractivity contribution in [1.82, 2.24) is 0 Å². The first-order valence-electron chi connectivity index (χ1n) is 6.49. The lowest BCUT2D eigenvalue weighted by atomic mass is 9.53. The highest BCUT2D eigenvalue weighted by Crippen LogP contribution is 2.57. The summed E-state index contributed by atoms with van der Waals surface area (Å²) in [6, 6.07) is 5.36. The number of hydrogen-bond acceptors (Lipinski definition) is 1.